The van der Waals surface area contributed by atoms with Crippen molar-refractivity contribution in [3.05, 3.63) is 92.1 Å². The summed E-state index contributed by atoms with van der Waals surface area (Å²) in [6.45, 7) is 2.00. The molecule has 0 unspecified atom stereocenters. The quantitative estimate of drug-likeness (QED) is 0.357. The number of nitrogens with one attached hydrogen (secondary N) is 1. The molecule has 0 saturated carbocycles. The van der Waals surface area contributed by atoms with Crippen LogP contribution in [-0.2, 0) is 17.9 Å². The molecule has 37 heavy (non-hydrogen) atoms. The number of anilines is 1. The number of carbonyl (C=O) groups excluding carboxylic acids is 1. The van der Waals surface area contributed by atoms with E-state index in [-0.39, 0.29) is 24.0 Å². The molecule has 1 heterocycles. The summed E-state index contributed by atoms with van der Waals surface area (Å²) in [7, 11) is 2.90. The van der Waals surface area contributed by atoms with Gasteiger partial charge >= 0.3 is 5.69 Å². The molecule has 3 aromatic carbocycles. The number of aromatic nitrogens is 2. The van der Waals surface area contributed by atoms with Gasteiger partial charge in [-0.05, 0) is 48.9 Å². The van der Waals surface area contributed by atoms with Crippen molar-refractivity contribution < 1.29 is 19.0 Å². The van der Waals surface area contributed by atoms with E-state index >= 15 is 0 Å². The van der Waals surface area contributed by atoms with Crippen LogP contribution in [0.2, 0.25) is 5.02 Å². The molecule has 0 atom stereocenters. The van der Waals surface area contributed by atoms with Gasteiger partial charge in [-0.2, -0.15) is 0 Å². The zero-order chi connectivity index (χ0) is 26.5. The smallest absolute Gasteiger partial charge is 0.332 e. The van der Waals surface area contributed by atoms with Crippen LogP contribution in [0.1, 0.15) is 12.5 Å². The van der Waals surface area contributed by atoms with Crippen molar-refractivity contribution in [1.82, 2.24) is 9.13 Å². The van der Waals surface area contributed by atoms with Crippen molar-refractivity contribution in [1.29, 1.82) is 0 Å². The van der Waals surface area contributed by atoms with Crippen molar-refractivity contribution >= 4 is 34.1 Å². The van der Waals surface area contributed by atoms with Crippen molar-refractivity contribution in [2.45, 2.75) is 20.0 Å². The summed E-state index contributed by atoms with van der Waals surface area (Å²) in [6.07, 6.45) is 0. The molecule has 0 saturated heterocycles. The van der Waals surface area contributed by atoms with Crippen LogP contribution >= 0.6 is 11.6 Å². The molecule has 10 heteroatoms. The van der Waals surface area contributed by atoms with Crippen LogP contribution in [0.5, 0.6) is 17.2 Å². The van der Waals surface area contributed by atoms with Gasteiger partial charge in [0.2, 0.25) is 5.91 Å². The fourth-order valence-corrected chi connectivity index (χ4v) is 4.17. The Balaban J connectivity index is 1.80. The van der Waals surface area contributed by atoms with Crippen molar-refractivity contribution in [2.75, 3.05) is 26.1 Å². The summed E-state index contributed by atoms with van der Waals surface area (Å²) >= 11 is 6.30. The monoisotopic (exact) mass is 523 g/mol. The van der Waals surface area contributed by atoms with Crippen LogP contribution in [0.25, 0.3) is 10.9 Å². The van der Waals surface area contributed by atoms with Gasteiger partial charge in [-0.15, -0.1) is 0 Å². The van der Waals surface area contributed by atoms with E-state index in [2.05, 4.69) is 5.32 Å². The number of benzene rings is 3. The number of amides is 1. The lowest BCUT2D eigenvalue weighted by Crippen LogP contribution is -2.42. The van der Waals surface area contributed by atoms with Gasteiger partial charge in [0.05, 0.1) is 38.3 Å². The molecule has 0 aliphatic rings. The highest BCUT2D eigenvalue weighted by molar-refractivity contribution is 6.31. The molecule has 0 spiro atoms. The van der Waals surface area contributed by atoms with E-state index in [1.807, 2.05) is 6.92 Å². The second-order valence-corrected chi connectivity index (χ2v) is 8.49. The number of hydrogen-bond acceptors (Lipinski definition) is 6. The predicted octanol–water partition coefficient (Wildman–Crippen LogP) is 3.92. The van der Waals surface area contributed by atoms with Crippen molar-refractivity contribution in [3.63, 3.8) is 0 Å². The summed E-state index contributed by atoms with van der Waals surface area (Å²) < 4.78 is 18.5. The molecule has 1 aromatic heterocycles. The third kappa shape index (κ3) is 5.46. The van der Waals surface area contributed by atoms with Crippen LogP contribution in [0.15, 0.2) is 70.3 Å². The van der Waals surface area contributed by atoms with Crippen molar-refractivity contribution in [3.8, 4) is 17.2 Å². The first-order chi connectivity index (χ1) is 17.9. The third-order valence-corrected chi connectivity index (χ3v) is 6.14. The number of hydrogen-bond donors (Lipinski definition) is 1. The average molecular weight is 524 g/mol. The second kappa shape index (κ2) is 11.2. The molecule has 4 rings (SSSR count). The topological polar surface area (TPSA) is 101 Å². The number of fused-ring (bicyclic) bond motifs is 1. The molecule has 0 aliphatic carbocycles. The Morgan fingerprint density at radius 3 is 2.27 bits per heavy atom. The number of ether oxygens (including phenoxy) is 3. The predicted molar refractivity (Wildman–Crippen MR) is 142 cm³/mol. The van der Waals surface area contributed by atoms with Gasteiger partial charge in [0.25, 0.3) is 5.56 Å². The highest BCUT2D eigenvalue weighted by Gasteiger charge is 2.19. The second-order valence-electron chi connectivity index (χ2n) is 8.08. The number of rotatable bonds is 9. The number of nitrogens with zero attached hydrogens (tertiary/aromatic N) is 2. The van der Waals surface area contributed by atoms with Gasteiger partial charge in [0.15, 0.2) is 11.5 Å². The number of methoxy groups -OCH3 is 2. The van der Waals surface area contributed by atoms with E-state index in [0.29, 0.717) is 40.1 Å². The van der Waals surface area contributed by atoms with Gasteiger partial charge in [-0.25, -0.2) is 4.79 Å². The minimum atomic E-state index is -0.661. The van der Waals surface area contributed by atoms with Crippen LogP contribution in [0, 0.1) is 0 Å². The van der Waals surface area contributed by atoms with E-state index in [1.54, 1.807) is 48.5 Å². The molecule has 0 aliphatic heterocycles. The molecule has 0 fully saturated rings. The van der Waals surface area contributed by atoms with Crippen LogP contribution < -0.4 is 30.8 Å². The van der Waals surface area contributed by atoms with Crippen LogP contribution in [-0.4, -0.2) is 35.9 Å². The Kier molecular flexibility index (Phi) is 7.83. The van der Waals surface area contributed by atoms with Gasteiger partial charge in [-0.1, -0.05) is 29.8 Å². The molecule has 0 radical (unpaired) electrons. The number of halogens is 1. The zero-order valence-electron chi connectivity index (χ0n) is 20.6. The zero-order valence-corrected chi connectivity index (χ0v) is 21.4. The molecule has 9 nitrogen and oxygen atoms in total. The van der Waals surface area contributed by atoms with Gasteiger partial charge in [0, 0.05) is 16.8 Å². The van der Waals surface area contributed by atoms with E-state index in [1.165, 1.54) is 30.9 Å². The van der Waals surface area contributed by atoms with Crippen LogP contribution in [0.4, 0.5) is 5.69 Å². The van der Waals surface area contributed by atoms with E-state index < -0.39 is 17.2 Å². The minimum absolute atomic E-state index is 0.0673. The Morgan fingerprint density at radius 2 is 1.62 bits per heavy atom. The fraction of sp³-hybridized carbons (Fsp3) is 0.222. The lowest BCUT2D eigenvalue weighted by atomic mass is 10.2. The molecule has 1 amide bonds. The Morgan fingerprint density at radius 1 is 0.946 bits per heavy atom. The highest BCUT2D eigenvalue weighted by atomic mass is 35.5. The maximum Gasteiger partial charge on any atom is 0.332 e. The Hall–Kier alpha value is -4.24. The third-order valence-electron chi connectivity index (χ3n) is 5.77. The first-order valence-corrected chi connectivity index (χ1v) is 11.9. The average Bonchev–Trinajstić information content (AvgIpc) is 2.90. The molecule has 0 bridgehead atoms. The van der Waals surface area contributed by atoms with E-state index in [4.69, 9.17) is 25.8 Å². The maximum atomic E-state index is 13.6. The highest BCUT2D eigenvalue weighted by Crippen LogP contribution is 2.30. The molecule has 1 N–H and O–H groups in total. The largest absolute Gasteiger partial charge is 0.494 e. The lowest BCUT2D eigenvalue weighted by molar-refractivity contribution is -0.116. The standard InChI is InChI=1S/C27H26ClN3O6/c1-4-37-19-11-9-18(10-12-19)29-25(32)16-30-22-14-24(36-3)23(35-2)13-20(22)26(33)31(27(30)34)15-17-7-5-6-8-21(17)28/h5-14H,4,15-16H2,1-3H3,(H,29,32). The van der Waals surface area contributed by atoms with Crippen LogP contribution in [0.3, 0.4) is 0 Å². The molecular formula is C27H26ClN3O6. The molecule has 4 aromatic rings. The summed E-state index contributed by atoms with van der Waals surface area (Å²) in [6, 6.07) is 16.8. The first kappa shape index (κ1) is 25.8. The Bertz CT molecular complexity index is 1560. The Labute approximate surface area is 217 Å². The molecular weight excluding hydrogens is 498 g/mol. The molecule has 192 valence electrons. The first-order valence-electron chi connectivity index (χ1n) is 11.5. The minimum Gasteiger partial charge on any atom is -0.494 e. The van der Waals surface area contributed by atoms with E-state index in [9.17, 15) is 14.4 Å². The SMILES string of the molecule is CCOc1ccc(NC(=O)Cn2c(=O)n(Cc3ccccc3Cl)c(=O)c3cc(OC)c(OC)cc32)cc1. The van der Waals surface area contributed by atoms with E-state index in [0.717, 1.165) is 4.57 Å². The van der Waals surface area contributed by atoms with Crippen molar-refractivity contribution in [2.24, 2.45) is 0 Å². The number of carbonyl (C=O) groups is 1. The van der Waals surface area contributed by atoms with Gasteiger partial charge in [-0.3, -0.25) is 18.7 Å². The maximum absolute atomic E-state index is 13.6. The summed E-state index contributed by atoms with van der Waals surface area (Å²) in [5, 5.41) is 3.39. The summed E-state index contributed by atoms with van der Waals surface area (Å²) in [5.41, 5.74) is 0.170. The normalized spacial score (nSPS) is 10.8. The van der Waals surface area contributed by atoms with Gasteiger partial charge < -0.3 is 19.5 Å². The summed E-state index contributed by atoms with van der Waals surface area (Å²) in [4.78, 5) is 40.0. The lowest BCUT2D eigenvalue weighted by Gasteiger charge is -2.17. The fourth-order valence-electron chi connectivity index (χ4n) is 3.98. The summed E-state index contributed by atoms with van der Waals surface area (Å²) in [5.74, 6) is 0.861. The van der Waals surface area contributed by atoms with Gasteiger partial charge in [0.1, 0.15) is 12.3 Å².